The molecule has 0 aromatic heterocycles. The van der Waals surface area contributed by atoms with E-state index in [-0.39, 0.29) is 12.5 Å². The van der Waals surface area contributed by atoms with Crippen molar-refractivity contribution in [2.45, 2.75) is 19.0 Å². The van der Waals surface area contributed by atoms with Crippen LogP contribution in [0.3, 0.4) is 0 Å². The second-order valence-corrected chi connectivity index (χ2v) is 8.65. The lowest BCUT2D eigenvalue weighted by molar-refractivity contribution is -0.120. The van der Waals surface area contributed by atoms with E-state index in [2.05, 4.69) is 21.2 Å². The van der Waals surface area contributed by atoms with E-state index in [9.17, 15) is 13.2 Å². The van der Waals surface area contributed by atoms with Crippen molar-refractivity contribution in [3.63, 3.8) is 0 Å². The van der Waals surface area contributed by atoms with Crippen LogP contribution in [-0.4, -0.2) is 30.9 Å². The summed E-state index contributed by atoms with van der Waals surface area (Å²) in [6, 6.07) is 14.1. The van der Waals surface area contributed by atoms with E-state index < -0.39 is 16.1 Å². The molecule has 0 bridgehead atoms. The molecule has 5 nitrogen and oxygen atoms in total. The van der Waals surface area contributed by atoms with Gasteiger partial charge in [-0.1, -0.05) is 46.3 Å². The molecule has 24 heavy (non-hydrogen) atoms. The van der Waals surface area contributed by atoms with Gasteiger partial charge in [-0.3, -0.25) is 4.79 Å². The smallest absolute Gasteiger partial charge is 0.243 e. The van der Waals surface area contributed by atoms with Crippen LogP contribution in [0.15, 0.2) is 53.0 Å². The summed E-state index contributed by atoms with van der Waals surface area (Å²) < 4.78 is 26.4. The second-order valence-electron chi connectivity index (χ2n) is 5.80. The first-order chi connectivity index (χ1) is 11.3. The van der Waals surface area contributed by atoms with Gasteiger partial charge in [0.1, 0.15) is 6.04 Å². The van der Waals surface area contributed by atoms with Crippen molar-refractivity contribution in [3.8, 4) is 0 Å². The first kappa shape index (κ1) is 17.1. The Kier molecular flexibility index (Phi) is 4.76. The summed E-state index contributed by atoms with van der Waals surface area (Å²) in [7, 11) is -3.50. The number of sulfonamides is 1. The highest BCUT2D eigenvalue weighted by molar-refractivity contribution is 9.10. The predicted molar refractivity (Wildman–Crippen MR) is 97.1 cm³/mol. The molecule has 7 heteroatoms. The molecule has 0 saturated carbocycles. The van der Waals surface area contributed by atoms with Crippen LogP contribution >= 0.6 is 15.9 Å². The summed E-state index contributed by atoms with van der Waals surface area (Å²) in [5.41, 5.74) is 2.57. The van der Waals surface area contributed by atoms with Gasteiger partial charge in [-0.25, -0.2) is 8.42 Å². The van der Waals surface area contributed by atoms with E-state index >= 15 is 0 Å². The number of nitrogens with zero attached hydrogens (tertiary/aromatic N) is 1. The summed E-state index contributed by atoms with van der Waals surface area (Å²) in [5, 5.41) is 2.81. The Morgan fingerprint density at radius 1 is 1.17 bits per heavy atom. The lowest BCUT2D eigenvalue weighted by Gasteiger charge is -2.34. The number of hydrogen-bond acceptors (Lipinski definition) is 3. The molecule has 2 aromatic carbocycles. The van der Waals surface area contributed by atoms with Crippen molar-refractivity contribution in [2.75, 3.05) is 11.6 Å². The number of fused-ring (bicyclic) bond motifs is 1. The normalized spacial score (nSPS) is 18.0. The monoisotopic (exact) mass is 408 g/mol. The van der Waals surface area contributed by atoms with Crippen LogP contribution in [0, 0.1) is 0 Å². The van der Waals surface area contributed by atoms with Gasteiger partial charge >= 0.3 is 0 Å². The maximum Gasteiger partial charge on any atom is 0.243 e. The molecule has 0 spiro atoms. The molecule has 1 N–H and O–H groups in total. The molecule has 0 fully saturated rings. The number of rotatable bonds is 3. The second kappa shape index (κ2) is 6.66. The lowest BCUT2D eigenvalue weighted by Crippen LogP contribution is -2.50. The van der Waals surface area contributed by atoms with Crippen LogP contribution in [0.5, 0.6) is 0 Å². The van der Waals surface area contributed by atoms with Crippen molar-refractivity contribution >= 4 is 37.5 Å². The Morgan fingerprint density at radius 3 is 2.54 bits per heavy atom. The first-order valence-electron chi connectivity index (χ1n) is 7.44. The van der Waals surface area contributed by atoms with Gasteiger partial charge in [0.2, 0.25) is 15.9 Å². The fourth-order valence-electron chi connectivity index (χ4n) is 2.86. The van der Waals surface area contributed by atoms with Crippen LogP contribution in [-0.2, 0) is 27.8 Å². The number of carbonyl (C=O) groups excluding carboxylic acids is 1. The molecule has 1 heterocycles. The van der Waals surface area contributed by atoms with Crippen LogP contribution in [0.25, 0.3) is 0 Å². The molecule has 0 radical (unpaired) electrons. The van der Waals surface area contributed by atoms with Gasteiger partial charge in [0.05, 0.1) is 6.26 Å². The van der Waals surface area contributed by atoms with E-state index in [0.29, 0.717) is 12.1 Å². The highest BCUT2D eigenvalue weighted by Gasteiger charge is 2.36. The summed E-state index contributed by atoms with van der Waals surface area (Å²) in [6.07, 6.45) is 1.50. The maximum absolute atomic E-state index is 12.7. The van der Waals surface area contributed by atoms with Crippen molar-refractivity contribution < 1.29 is 13.2 Å². The standard InChI is InChI=1S/C17H17BrN2O3S/c1-24(22,23)20-11-13-6-3-2-5-12(13)9-16(20)17(21)19-15-8-4-7-14(18)10-15/h2-8,10,16H,9,11H2,1H3,(H,19,21)/t16-/m0/s1. The van der Waals surface area contributed by atoms with E-state index in [4.69, 9.17) is 0 Å². The Hall–Kier alpha value is -1.70. The third-order valence-corrected chi connectivity index (χ3v) is 5.76. The molecule has 2 aromatic rings. The number of benzene rings is 2. The van der Waals surface area contributed by atoms with Crippen LogP contribution < -0.4 is 5.32 Å². The van der Waals surface area contributed by atoms with Crippen molar-refractivity contribution in [1.29, 1.82) is 0 Å². The van der Waals surface area contributed by atoms with Gasteiger partial charge in [0.25, 0.3) is 0 Å². The van der Waals surface area contributed by atoms with Gasteiger partial charge in [-0.15, -0.1) is 0 Å². The Bertz CT molecular complexity index is 883. The number of hydrogen-bond donors (Lipinski definition) is 1. The fraction of sp³-hybridized carbons (Fsp3) is 0.235. The van der Waals surface area contributed by atoms with Crippen LogP contribution in [0.1, 0.15) is 11.1 Å². The molecule has 1 atom stereocenters. The molecule has 1 aliphatic heterocycles. The van der Waals surface area contributed by atoms with Crippen molar-refractivity contribution in [3.05, 3.63) is 64.1 Å². The molecule has 3 rings (SSSR count). The summed E-state index contributed by atoms with van der Waals surface area (Å²) in [6.45, 7) is 0.214. The van der Waals surface area contributed by atoms with Crippen LogP contribution in [0.4, 0.5) is 5.69 Å². The summed E-state index contributed by atoms with van der Waals surface area (Å²) in [5.74, 6) is -0.326. The molecule has 0 saturated heterocycles. The van der Waals surface area contributed by atoms with Crippen molar-refractivity contribution in [1.82, 2.24) is 4.31 Å². The molecular formula is C17H17BrN2O3S. The topological polar surface area (TPSA) is 66.5 Å². The minimum Gasteiger partial charge on any atom is -0.325 e. The minimum atomic E-state index is -3.50. The average molecular weight is 409 g/mol. The Balaban J connectivity index is 1.90. The SMILES string of the molecule is CS(=O)(=O)N1Cc2ccccc2C[C@H]1C(=O)Nc1cccc(Br)c1. The largest absolute Gasteiger partial charge is 0.325 e. The van der Waals surface area contributed by atoms with E-state index in [1.165, 1.54) is 4.31 Å². The molecule has 1 amide bonds. The van der Waals surface area contributed by atoms with Gasteiger partial charge in [0.15, 0.2) is 0 Å². The molecule has 1 aliphatic rings. The molecule has 0 aliphatic carbocycles. The molecular weight excluding hydrogens is 392 g/mol. The number of halogens is 1. The average Bonchev–Trinajstić information content (AvgIpc) is 2.52. The number of carbonyl (C=O) groups is 1. The summed E-state index contributed by atoms with van der Waals surface area (Å²) >= 11 is 3.36. The summed E-state index contributed by atoms with van der Waals surface area (Å²) in [4.78, 5) is 12.7. The predicted octanol–water partition coefficient (Wildman–Crippen LogP) is 2.77. The lowest BCUT2D eigenvalue weighted by atomic mass is 9.95. The Morgan fingerprint density at radius 2 is 1.88 bits per heavy atom. The number of anilines is 1. The van der Waals surface area contributed by atoms with E-state index in [1.54, 1.807) is 12.1 Å². The Labute approximate surface area is 149 Å². The quantitative estimate of drug-likeness (QED) is 0.848. The number of nitrogens with one attached hydrogen (secondary N) is 1. The molecule has 126 valence electrons. The van der Waals surface area contributed by atoms with Gasteiger partial charge in [-0.05, 0) is 35.7 Å². The minimum absolute atomic E-state index is 0.214. The zero-order valence-electron chi connectivity index (χ0n) is 13.1. The molecule has 0 unspecified atom stereocenters. The third-order valence-electron chi connectivity index (χ3n) is 4.03. The first-order valence-corrected chi connectivity index (χ1v) is 10.1. The van der Waals surface area contributed by atoms with Gasteiger partial charge < -0.3 is 5.32 Å². The van der Waals surface area contributed by atoms with Gasteiger partial charge in [-0.2, -0.15) is 4.31 Å². The zero-order chi connectivity index (χ0) is 17.3. The van der Waals surface area contributed by atoms with E-state index in [0.717, 1.165) is 21.9 Å². The van der Waals surface area contributed by atoms with Gasteiger partial charge in [0, 0.05) is 16.7 Å². The van der Waals surface area contributed by atoms with Crippen molar-refractivity contribution in [2.24, 2.45) is 0 Å². The zero-order valence-corrected chi connectivity index (χ0v) is 15.5. The van der Waals surface area contributed by atoms with E-state index in [1.807, 2.05) is 36.4 Å². The maximum atomic E-state index is 12.7. The fourth-order valence-corrected chi connectivity index (χ4v) is 4.27. The third kappa shape index (κ3) is 3.68. The highest BCUT2D eigenvalue weighted by Crippen LogP contribution is 2.26. The highest BCUT2D eigenvalue weighted by atomic mass is 79.9. The number of amides is 1. The van der Waals surface area contributed by atoms with Crippen LogP contribution in [0.2, 0.25) is 0 Å².